The monoisotopic (exact) mass is 488 g/mol. The van der Waals surface area contributed by atoms with Crippen molar-refractivity contribution in [1.29, 1.82) is 0 Å². The fourth-order valence-corrected chi connectivity index (χ4v) is 4.76. The highest BCUT2D eigenvalue weighted by Crippen LogP contribution is 2.27. The minimum atomic E-state index is -0.430. The standard InChI is InChI=1S/C21H18Cl2N6O2S/c1-10-12(3)32-21-18(10)20(31)25-16(26-21)8-17(30)27-24-9-13-11(2)28-29(19(13)23)15-7-5-4-6-14(15)22/h4-7,9H,8H2,1-3H3,(H,27,30)(H,25,26,31)/b24-9+. The van der Waals surface area contributed by atoms with Gasteiger partial charge in [-0.25, -0.2) is 15.1 Å². The van der Waals surface area contributed by atoms with Crippen molar-refractivity contribution in [3.05, 3.63) is 72.3 Å². The normalized spacial score (nSPS) is 11.5. The van der Waals surface area contributed by atoms with Crippen LogP contribution in [0.2, 0.25) is 10.2 Å². The van der Waals surface area contributed by atoms with Crippen LogP contribution in [0.5, 0.6) is 0 Å². The molecule has 0 unspecified atom stereocenters. The fourth-order valence-electron chi connectivity index (χ4n) is 3.18. The number of hydrogen-bond donors (Lipinski definition) is 2. The van der Waals surface area contributed by atoms with Gasteiger partial charge in [-0.1, -0.05) is 35.3 Å². The number of H-pyrrole nitrogens is 1. The topological polar surface area (TPSA) is 105 Å². The van der Waals surface area contributed by atoms with Gasteiger partial charge < -0.3 is 4.98 Å². The van der Waals surface area contributed by atoms with Crippen LogP contribution < -0.4 is 11.0 Å². The second-order valence-electron chi connectivity index (χ2n) is 7.10. The lowest BCUT2D eigenvalue weighted by Crippen LogP contribution is -2.23. The molecule has 0 saturated carbocycles. The number of fused-ring (bicyclic) bond motifs is 1. The van der Waals surface area contributed by atoms with Crippen molar-refractivity contribution >= 4 is 56.9 Å². The van der Waals surface area contributed by atoms with Crippen LogP contribution in [0, 0.1) is 20.8 Å². The van der Waals surface area contributed by atoms with Gasteiger partial charge in [0.1, 0.15) is 15.8 Å². The van der Waals surface area contributed by atoms with Gasteiger partial charge in [-0.3, -0.25) is 9.59 Å². The van der Waals surface area contributed by atoms with Crippen molar-refractivity contribution in [2.45, 2.75) is 27.2 Å². The Hall–Kier alpha value is -3.01. The number of amides is 1. The van der Waals surface area contributed by atoms with Crippen LogP contribution in [-0.4, -0.2) is 31.9 Å². The third-order valence-electron chi connectivity index (χ3n) is 4.93. The summed E-state index contributed by atoms with van der Waals surface area (Å²) in [7, 11) is 0. The van der Waals surface area contributed by atoms with Crippen LogP contribution >= 0.6 is 34.5 Å². The Kier molecular flexibility index (Phi) is 6.14. The van der Waals surface area contributed by atoms with Crippen LogP contribution in [0.3, 0.4) is 0 Å². The average Bonchev–Trinajstić information content (AvgIpc) is 3.18. The van der Waals surface area contributed by atoms with E-state index in [1.807, 2.05) is 26.0 Å². The Balaban J connectivity index is 1.49. The summed E-state index contributed by atoms with van der Waals surface area (Å²) in [6.07, 6.45) is 1.30. The van der Waals surface area contributed by atoms with E-state index in [-0.39, 0.29) is 17.8 Å². The number of para-hydroxylation sites is 1. The Morgan fingerprint density at radius 1 is 1.28 bits per heavy atom. The smallest absolute Gasteiger partial charge is 0.259 e. The number of nitrogens with one attached hydrogen (secondary N) is 2. The van der Waals surface area contributed by atoms with Gasteiger partial charge in [-0.05, 0) is 38.5 Å². The number of hydrogen-bond acceptors (Lipinski definition) is 6. The van der Waals surface area contributed by atoms with Gasteiger partial charge in [0, 0.05) is 4.88 Å². The van der Waals surface area contributed by atoms with E-state index in [1.54, 1.807) is 19.1 Å². The number of aryl methyl sites for hydroxylation is 3. The van der Waals surface area contributed by atoms with Crippen LogP contribution in [-0.2, 0) is 11.2 Å². The van der Waals surface area contributed by atoms with E-state index < -0.39 is 5.91 Å². The maximum absolute atomic E-state index is 12.3. The summed E-state index contributed by atoms with van der Waals surface area (Å²) < 4.78 is 1.51. The van der Waals surface area contributed by atoms with Gasteiger partial charge in [0.05, 0.1) is 40.0 Å². The molecule has 0 saturated heterocycles. The molecule has 32 heavy (non-hydrogen) atoms. The number of carbonyl (C=O) groups is 1. The molecule has 8 nitrogen and oxygen atoms in total. The molecule has 0 fully saturated rings. The SMILES string of the molecule is Cc1nn(-c2ccccc2Cl)c(Cl)c1/C=N/NC(=O)Cc1nc2sc(C)c(C)c2c(=O)[nH]1. The average molecular weight is 489 g/mol. The molecule has 4 aromatic rings. The number of aromatic nitrogens is 4. The molecule has 0 aliphatic carbocycles. The van der Waals surface area contributed by atoms with Crippen molar-refractivity contribution in [2.75, 3.05) is 0 Å². The van der Waals surface area contributed by atoms with Gasteiger partial charge in [0.15, 0.2) is 0 Å². The molecular formula is C21H18Cl2N6O2S. The maximum Gasteiger partial charge on any atom is 0.259 e. The number of rotatable bonds is 5. The number of carbonyl (C=O) groups excluding carboxylic acids is 1. The highest BCUT2D eigenvalue weighted by Gasteiger charge is 2.16. The lowest BCUT2D eigenvalue weighted by atomic mass is 10.2. The van der Waals surface area contributed by atoms with Crippen molar-refractivity contribution in [2.24, 2.45) is 5.10 Å². The zero-order chi connectivity index (χ0) is 23.0. The van der Waals surface area contributed by atoms with E-state index in [9.17, 15) is 9.59 Å². The molecule has 0 aliphatic heterocycles. The van der Waals surface area contributed by atoms with E-state index in [4.69, 9.17) is 23.2 Å². The summed E-state index contributed by atoms with van der Waals surface area (Å²) in [5.41, 5.74) is 4.88. The molecule has 4 rings (SSSR count). The lowest BCUT2D eigenvalue weighted by Gasteiger charge is -2.04. The van der Waals surface area contributed by atoms with Crippen molar-refractivity contribution in [3.63, 3.8) is 0 Å². The molecule has 0 aliphatic rings. The molecule has 1 aromatic carbocycles. The molecule has 3 aromatic heterocycles. The quantitative estimate of drug-likeness (QED) is 0.325. The predicted octanol–water partition coefficient (Wildman–Crippen LogP) is 4.10. The van der Waals surface area contributed by atoms with E-state index in [0.717, 1.165) is 10.4 Å². The summed E-state index contributed by atoms with van der Waals surface area (Å²) in [5, 5.41) is 9.76. The molecule has 0 spiro atoms. The third kappa shape index (κ3) is 4.19. The molecule has 0 atom stereocenters. The maximum atomic E-state index is 12.3. The first kappa shape index (κ1) is 22.2. The minimum absolute atomic E-state index is 0.121. The highest BCUT2D eigenvalue weighted by molar-refractivity contribution is 7.18. The van der Waals surface area contributed by atoms with Gasteiger partial charge in [0.25, 0.3) is 5.56 Å². The number of aromatic amines is 1. The molecule has 164 valence electrons. The number of hydrazone groups is 1. The summed E-state index contributed by atoms with van der Waals surface area (Å²) >= 11 is 14.1. The van der Waals surface area contributed by atoms with E-state index in [1.165, 1.54) is 22.2 Å². The van der Waals surface area contributed by atoms with Crippen LogP contribution in [0.15, 0.2) is 34.2 Å². The number of halogens is 2. The Morgan fingerprint density at radius 2 is 2.03 bits per heavy atom. The first-order valence-corrected chi connectivity index (χ1v) is 11.1. The summed E-state index contributed by atoms with van der Waals surface area (Å²) in [6, 6.07) is 7.18. The van der Waals surface area contributed by atoms with Crippen molar-refractivity contribution < 1.29 is 4.79 Å². The number of benzene rings is 1. The van der Waals surface area contributed by atoms with Gasteiger partial charge in [-0.15, -0.1) is 11.3 Å². The second-order valence-corrected chi connectivity index (χ2v) is 9.07. The van der Waals surface area contributed by atoms with Gasteiger partial charge in [0.2, 0.25) is 5.91 Å². The molecule has 3 heterocycles. The zero-order valence-corrected chi connectivity index (χ0v) is 19.7. The van der Waals surface area contributed by atoms with Gasteiger partial charge in [-0.2, -0.15) is 10.2 Å². The number of nitrogens with zero attached hydrogens (tertiary/aromatic N) is 4. The largest absolute Gasteiger partial charge is 0.309 e. The summed E-state index contributed by atoms with van der Waals surface area (Å²) in [4.78, 5) is 33.4. The Labute approximate surface area is 196 Å². The molecule has 11 heteroatoms. The lowest BCUT2D eigenvalue weighted by molar-refractivity contribution is -0.120. The molecule has 0 radical (unpaired) electrons. The van der Waals surface area contributed by atoms with Crippen LogP contribution in [0.4, 0.5) is 0 Å². The molecular weight excluding hydrogens is 471 g/mol. The Bertz CT molecular complexity index is 1440. The first-order valence-electron chi connectivity index (χ1n) is 9.57. The second kappa shape index (κ2) is 8.85. The molecule has 1 amide bonds. The molecule has 0 bridgehead atoms. The first-order chi connectivity index (χ1) is 15.3. The van der Waals surface area contributed by atoms with Crippen molar-refractivity contribution in [1.82, 2.24) is 25.2 Å². The molecule has 2 N–H and O–H groups in total. The number of thiophene rings is 1. The summed E-state index contributed by atoms with van der Waals surface area (Å²) in [5.74, 6) is -0.154. The van der Waals surface area contributed by atoms with Crippen LogP contribution in [0.25, 0.3) is 15.9 Å². The summed E-state index contributed by atoms with van der Waals surface area (Å²) in [6.45, 7) is 5.59. The predicted molar refractivity (Wildman–Crippen MR) is 127 cm³/mol. The Morgan fingerprint density at radius 3 is 2.78 bits per heavy atom. The van der Waals surface area contributed by atoms with E-state index in [2.05, 4.69) is 25.6 Å². The minimum Gasteiger partial charge on any atom is -0.309 e. The van der Waals surface area contributed by atoms with Crippen LogP contribution in [0.1, 0.15) is 27.5 Å². The fraction of sp³-hybridized carbons (Fsp3) is 0.190. The van der Waals surface area contributed by atoms with Crippen molar-refractivity contribution in [3.8, 4) is 5.69 Å². The van der Waals surface area contributed by atoms with Gasteiger partial charge >= 0.3 is 0 Å². The third-order valence-corrected chi connectivity index (χ3v) is 6.71. The zero-order valence-electron chi connectivity index (χ0n) is 17.4. The van der Waals surface area contributed by atoms with E-state index in [0.29, 0.717) is 37.3 Å². The highest BCUT2D eigenvalue weighted by atomic mass is 35.5. The van der Waals surface area contributed by atoms with E-state index >= 15 is 0 Å².